The van der Waals surface area contributed by atoms with Crippen molar-refractivity contribution >= 4 is 22.5 Å². The Labute approximate surface area is 85.3 Å². The fraction of sp³-hybridized carbons (Fsp3) is 0.300. The number of H-pyrrole nitrogens is 1. The van der Waals surface area contributed by atoms with Crippen LogP contribution < -0.4 is 16.8 Å². The number of anilines is 2. The number of hydrogen-bond donors (Lipinski definition) is 3. The second-order valence-electron chi connectivity index (χ2n) is 3.87. The zero-order valence-electron chi connectivity index (χ0n) is 8.04. The fourth-order valence-corrected chi connectivity index (χ4v) is 1.59. The molecule has 0 amide bonds. The summed E-state index contributed by atoms with van der Waals surface area (Å²) in [7, 11) is 0. The molecule has 15 heavy (non-hydrogen) atoms. The number of aromatic amines is 1. The molecule has 1 aliphatic rings. The van der Waals surface area contributed by atoms with Gasteiger partial charge in [-0.3, -0.25) is 4.98 Å². The Hall–Kier alpha value is -1.91. The molecule has 0 bridgehead atoms. The molecule has 1 aromatic heterocycles. The molecular formula is C10H11N3O2. The molecule has 0 aliphatic heterocycles. The van der Waals surface area contributed by atoms with E-state index in [0.717, 1.165) is 5.69 Å². The van der Waals surface area contributed by atoms with Gasteiger partial charge in [-0.2, -0.15) is 0 Å². The molecule has 0 atom stereocenters. The Bertz CT molecular complexity index is 566. The van der Waals surface area contributed by atoms with Gasteiger partial charge >= 0.3 is 5.76 Å². The third-order valence-corrected chi connectivity index (χ3v) is 2.53. The highest BCUT2D eigenvalue weighted by molar-refractivity contribution is 5.85. The van der Waals surface area contributed by atoms with Crippen LogP contribution in [0.5, 0.6) is 0 Å². The summed E-state index contributed by atoms with van der Waals surface area (Å²) < 4.78 is 4.91. The lowest BCUT2D eigenvalue weighted by Gasteiger charge is -2.07. The first kappa shape index (κ1) is 8.40. The van der Waals surface area contributed by atoms with E-state index >= 15 is 0 Å². The molecule has 0 saturated heterocycles. The highest BCUT2D eigenvalue weighted by Gasteiger charge is 2.22. The average Bonchev–Trinajstić information content (AvgIpc) is 2.90. The van der Waals surface area contributed by atoms with Crippen LogP contribution in [0.25, 0.3) is 11.1 Å². The summed E-state index contributed by atoms with van der Waals surface area (Å²) >= 11 is 0. The Morgan fingerprint density at radius 3 is 3.00 bits per heavy atom. The lowest BCUT2D eigenvalue weighted by molar-refractivity contribution is 0.555. The molecule has 1 saturated carbocycles. The van der Waals surface area contributed by atoms with Gasteiger partial charge in [0.25, 0.3) is 0 Å². The molecule has 78 valence electrons. The highest BCUT2D eigenvalue weighted by atomic mass is 16.4. The Kier molecular flexibility index (Phi) is 1.56. The summed E-state index contributed by atoms with van der Waals surface area (Å²) in [5.74, 6) is -0.451. The van der Waals surface area contributed by atoms with Crippen molar-refractivity contribution < 1.29 is 4.42 Å². The van der Waals surface area contributed by atoms with Crippen molar-refractivity contribution in [1.29, 1.82) is 0 Å². The standard InChI is InChI=1S/C10H11N3O2/c11-6-3-9-8(13-10(14)15-9)4-7(6)12-5-1-2-5/h3-5,12H,1-2,11H2,(H,13,14). The van der Waals surface area contributed by atoms with Crippen molar-refractivity contribution in [2.75, 3.05) is 11.1 Å². The number of aromatic nitrogens is 1. The lowest BCUT2D eigenvalue weighted by atomic mass is 10.2. The molecular weight excluding hydrogens is 194 g/mol. The summed E-state index contributed by atoms with van der Waals surface area (Å²) in [4.78, 5) is 13.6. The summed E-state index contributed by atoms with van der Waals surface area (Å²) in [6, 6.07) is 4.01. The van der Waals surface area contributed by atoms with Crippen molar-refractivity contribution in [2.45, 2.75) is 18.9 Å². The Balaban J connectivity index is 2.12. The summed E-state index contributed by atoms with van der Waals surface area (Å²) in [5.41, 5.74) is 8.48. The van der Waals surface area contributed by atoms with E-state index in [-0.39, 0.29) is 0 Å². The van der Waals surface area contributed by atoms with E-state index in [1.807, 2.05) is 6.07 Å². The van der Waals surface area contributed by atoms with Crippen molar-refractivity contribution in [1.82, 2.24) is 4.98 Å². The number of fused-ring (bicyclic) bond motifs is 1. The van der Waals surface area contributed by atoms with E-state index < -0.39 is 5.76 Å². The normalized spacial score (nSPS) is 15.7. The molecule has 3 rings (SSSR count). The smallest absolute Gasteiger partial charge is 0.408 e. The molecule has 1 heterocycles. The van der Waals surface area contributed by atoms with Crippen LogP contribution in [0.1, 0.15) is 12.8 Å². The van der Waals surface area contributed by atoms with Gasteiger partial charge in [0.2, 0.25) is 0 Å². The van der Waals surface area contributed by atoms with Gasteiger partial charge in [0.05, 0.1) is 16.9 Å². The van der Waals surface area contributed by atoms with Crippen molar-refractivity contribution in [2.24, 2.45) is 0 Å². The van der Waals surface area contributed by atoms with Gasteiger partial charge in [-0.25, -0.2) is 4.79 Å². The minimum Gasteiger partial charge on any atom is -0.408 e. The summed E-state index contributed by atoms with van der Waals surface area (Å²) in [6.07, 6.45) is 2.36. The predicted octanol–water partition coefficient (Wildman–Crippen LogP) is 1.28. The third kappa shape index (κ3) is 1.45. The van der Waals surface area contributed by atoms with Crippen molar-refractivity contribution in [3.63, 3.8) is 0 Å². The van der Waals surface area contributed by atoms with Crippen LogP contribution in [-0.2, 0) is 0 Å². The first-order valence-electron chi connectivity index (χ1n) is 4.91. The second-order valence-corrected chi connectivity index (χ2v) is 3.87. The van der Waals surface area contributed by atoms with Gasteiger partial charge in [0.15, 0.2) is 5.58 Å². The molecule has 1 fully saturated rings. The lowest BCUT2D eigenvalue weighted by Crippen LogP contribution is -2.03. The maximum absolute atomic E-state index is 11.0. The molecule has 5 heteroatoms. The van der Waals surface area contributed by atoms with Gasteiger partial charge in [-0.15, -0.1) is 0 Å². The first-order valence-corrected chi connectivity index (χ1v) is 4.91. The number of hydrogen-bond acceptors (Lipinski definition) is 4. The molecule has 4 N–H and O–H groups in total. The largest absolute Gasteiger partial charge is 0.417 e. The maximum Gasteiger partial charge on any atom is 0.417 e. The quantitative estimate of drug-likeness (QED) is 0.645. The van der Waals surface area contributed by atoms with Crippen LogP contribution in [-0.4, -0.2) is 11.0 Å². The van der Waals surface area contributed by atoms with E-state index in [9.17, 15) is 4.79 Å². The van der Waals surface area contributed by atoms with Gasteiger partial charge < -0.3 is 15.5 Å². The average molecular weight is 205 g/mol. The number of rotatable bonds is 2. The predicted molar refractivity (Wildman–Crippen MR) is 57.9 cm³/mol. The first-order chi connectivity index (χ1) is 7.22. The van der Waals surface area contributed by atoms with Crippen LogP contribution in [0.3, 0.4) is 0 Å². The molecule has 0 unspecified atom stereocenters. The fourth-order valence-electron chi connectivity index (χ4n) is 1.59. The van der Waals surface area contributed by atoms with Crippen LogP contribution >= 0.6 is 0 Å². The topological polar surface area (TPSA) is 84.0 Å². The number of oxazole rings is 1. The molecule has 1 aromatic carbocycles. The zero-order chi connectivity index (χ0) is 10.4. The number of nitrogen functional groups attached to an aromatic ring is 1. The van der Waals surface area contributed by atoms with Gasteiger partial charge in [-0.05, 0) is 18.9 Å². The minimum atomic E-state index is -0.451. The maximum atomic E-state index is 11.0. The molecule has 0 spiro atoms. The zero-order valence-corrected chi connectivity index (χ0v) is 8.04. The van der Waals surface area contributed by atoms with E-state index in [1.54, 1.807) is 6.07 Å². The number of benzene rings is 1. The molecule has 1 aliphatic carbocycles. The monoisotopic (exact) mass is 205 g/mol. The van der Waals surface area contributed by atoms with Crippen LogP contribution in [0.4, 0.5) is 11.4 Å². The molecule has 5 nitrogen and oxygen atoms in total. The van der Waals surface area contributed by atoms with E-state index in [0.29, 0.717) is 22.8 Å². The van der Waals surface area contributed by atoms with Gasteiger partial charge in [0.1, 0.15) is 0 Å². The molecule has 2 aromatic rings. The number of nitrogens with two attached hydrogens (primary N) is 1. The van der Waals surface area contributed by atoms with Gasteiger partial charge in [0, 0.05) is 12.1 Å². The Morgan fingerprint density at radius 1 is 1.47 bits per heavy atom. The highest BCUT2D eigenvalue weighted by Crippen LogP contribution is 2.30. The van der Waals surface area contributed by atoms with E-state index in [4.69, 9.17) is 10.2 Å². The number of nitrogens with one attached hydrogen (secondary N) is 2. The van der Waals surface area contributed by atoms with E-state index in [1.165, 1.54) is 12.8 Å². The van der Waals surface area contributed by atoms with Crippen molar-refractivity contribution in [3.05, 3.63) is 22.7 Å². The molecule has 0 radical (unpaired) electrons. The third-order valence-electron chi connectivity index (χ3n) is 2.53. The second kappa shape index (κ2) is 2.79. The van der Waals surface area contributed by atoms with E-state index in [2.05, 4.69) is 10.3 Å². The minimum absolute atomic E-state index is 0.451. The summed E-state index contributed by atoms with van der Waals surface area (Å²) in [5, 5.41) is 3.30. The van der Waals surface area contributed by atoms with Gasteiger partial charge in [-0.1, -0.05) is 0 Å². The summed E-state index contributed by atoms with van der Waals surface area (Å²) in [6.45, 7) is 0. The van der Waals surface area contributed by atoms with Crippen LogP contribution in [0.2, 0.25) is 0 Å². The van der Waals surface area contributed by atoms with Crippen LogP contribution in [0.15, 0.2) is 21.3 Å². The SMILES string of the molecule is Nc1cc2oc(=O)[nH]c2cc1NC1CC1. The Morgan fingerprint density at radius 2 is 2.27 bits per heavy atom. The van der Waals surface area contributed by atoms with Crippen molar-refractivity contribution in [3.8, 4) is 0 Å². The van der Waals surface area contributed by atoms with Crippen LogP contribution in [0, 0.1) is 0 Å².